The van der Waals surface area contributed by atoms with Gasteiger partial charge in [-0.25, -0.2) is 4.39 Å². The molecule has 1 rings (SSSR count). The summed E-state index contributed by atoms with van der Waals surface area (Å²) < 4.78 is 21.3. The van der Waals surface area contributed by atoms with Gasteiger partial charge in [-0.05, 0) is 12.8 Å². The maximum Gasteiger partial charge on any atom is 0.123 e. The van der Waals surface area contributed by atoms with E-state index in [4.69, 9.17) is 5.11 Å². The summed E-state index contributed by atoms with van der Waals surface area (Å²) in [6.45, 7) is 0. The van der Waals surface area contributed by atoms with E-state index in [9.17, 15) is 13.6 Å². The Kier molecular flexibility index (Phi) is 11.3. The number of carbonyl (C=O) groups is 1. The van der Waals surface area contributed by atoms with Crippen LogP contribution in [0.2, 0.25) is 0 Å². The van der Waals surface area contributed by atoms with Crippen molar-refractivity contribution in [1.82, 2.24) is 0 Å². The molecule has 0 aromatic carbocycles. The van der Waals surface area contributed by atoms with Gasteiger partial charge in [0.25, 0.3) is 0 Å². The molecule has 1 aliphatic carbocycles. The van der Waals surface area contributed by atoms with Crippen molar-refractivity contribution in [3.05, 3.63) is 0 Å². The molecule has 68 valence electrons. The van der Waals surface area contributed by atoms with Crippen LogP contribution >= 0.6 is 0 Å². The predicted molar refractivity (Wildman–Crippen MR) is 38.9 cm³/mol. The molecule has 1 N–H and O–H groups in total. The van der Waals surface area contributed by atoms with E-state index in [1.54, 1.807) is 0 Å². The zero-order valence-electron chi connectivity index (χ0n) is 6.76. The minimum atomic E-state index is -0.685. The number of alkyl halides is 2. The van der Waals surface area contributed by atoms with Crippen LogP contribution in [0.25, 0.3) is 0 Å². The minimum Gasteiger partial charge on any atom is -0.400 e. The number of rotatable bonds is 1. The third kappa shape index (κ3) is 5.91. The van der Waals surface area contributed by atoms with Gasteiger partial charge in [0.15, 0.2) is 0 Å². The van der Waals surface area contributed by atoms with Gasteiger partial charge in [0.1, 0.15) is 12.5 Å². The third-order valence-electron chi connectivity index (χ3n) is 1.31. The normalized spacial score (nSPS) is 26.3. The molecule has 1 saturated carbocycles. The quantitative estimate of drug-likeness (QED) is 0.596. The van der Waals surface area contributed by atoms with E-state index in [-0.39, 0.29) is 5.92 Å². The largest absolute Gasteiger partial charge is 0.400 e. The molecule has 0 bridgehead atoms. The van der Waals surface area contributed by atoms with E-state index in [2.05, 4.69) is 0 Å². The van der Waals surface area contributed by atoms with Gasteiger partial charge in [-0.1, -0.05) is 0 Å². The minimum absolute atomic E-state index is 0.0370. The van der Waals surface area contributed by atoms with Crippen molar-refractivity contribution in [3.8, 4) is 0 Å². The molecule has 2 nitrogen and oxygen atoms in total. The fourth-order valence-electron chi connectivity index (χ4n) is 0.699. The summed E-state index contributed by atoms with van der Waals surface area (Å²) in [7, 11) is 1.50. The second-order valence-corrected chi connectivity index (χ2v) is 1.96. The highest BCUT2D eigenvalue weighted by Crippen LogP contribution is 2.27. The topological polar surface area (TPSA) is 37.3 Å². The average Bonchev–Trinajstić information content (AvgIpc) is 2.06. The molecular weight excluding hydrogens is 154 g/mol. The Morgan fingerprint density at radius 3 is 1.82 bits per heavy atom. The standard InChI is InChI=1S/C5H7FO.CH3F.CH4O/c6-5-1-4(2-5)3-7;2*1-2/h3-5H,1-2H2;1H3;2H,1H3. The number of aldehydes is 1. The Morgan fingerprint density at radius 2 is 1.73 bits per heavy atom. The zero-order chi connectivity index (χ0) is 9.28. The van der Waals surface area contributed by atoms with Gasteiger partial charge in [-0.15, -0.1) is 0 Å². The van der Waals surface area contributed by atoms with Crippen LogP contribution in [0, 0.1) is 5.92 Å². The van der Waals surface area contributed by atoms with E-state index in [1.807, 2.05) is 0 Å². The maximum atomic E-state index is 11.8. The van der Waals surface area contributed by atoms with Gasteiger partial charge >= 0.3 is 0 Å². The molecule has 4 heteroatoms. The molecule has 0 aliphatic heterocycles. The maximum absolute atomic E-state index is 11.8. The highest BCUT2D eigenvalue weighted by molar-refractivity contribution is 5.55. The number of hydrogen-bond donors (Lipinski definition) is 1. The van der Waals surface area contributed by atoms with Gasteiger partial charge in [0, 0.05) is 13.0 Å². The second-order valence-electron chi connectivity index (χ2n) is 1.96. The summed E-state index contributed by atoms with van der Waals surface area (Å²) in [5.41, 5.74) is 0. The molecule has 0 atom stereocenters. The molecule has 0 radical (unpaired) electrons. The van der Waals surface area contributed by atoms with Crippen LogP contribution in [-0.2, 0) is 4.79 Å². The molecule has 11 heavy (non-hydrogen) atoms. The van der Waals surface area contributed by atoms with Crippen LogP contribution < -0.4 is 0 Å². The van der Waals surface area contributed by atoms with Crippen LogP contribution in [0.3, 0.4) is 0 Å². The number of aliphatic hydroxyl groups is 1. The zero-order valence-corrected chi connectivity index (χ0v) is 6.76. The van der Waals surface area contributed by atoms with Gasteiger partial charge in [-0.2, -0.15) is 0 Å². The monoisotopic (exact) mass is 168 g/mol. The first-order chi connectivity index (χ1) is 5.33. The Labute approximate surface area is 65.2 Å². The Bertz CT molecular complexity index is 82.5. The Hall–Kier alpha value is -0.510. The van der Waals surface area contributed by atoms with Crippen LogP contribution in [0.15, 0.2) is 0 Å². The van der Waals surface area contributed by atoms with Crippen LogP contribution in [0.5, 0.6) is 0 Å². The number of hydrogen-bond acceptors (Lipinski definition) is 2. The number of carbonyl (C=O) groups excluding carboxylic acids is 1. The Morgan fingerprint density at radius 1 is 1.36 bits per heavy atom. The fraction of sp³-hybridized carbons (Fsp3) is 0.857. The lowest BCUT2D eigenvalue weighted by molar-refractivity contribution is -0.115. The lowest BCUT2D eigenvalue weighted by Crippen LogP contribution is -2.25. The molecule has 0 aromatic rings. The molecule has 0 amide bonds. The first-order valence-corrected chi connectivity index (χ1v) is 3.25. The smallest absolute Gasteiger partial charge is 0.123 e. The lowest BCUT2D eigenvalue weighted by Gasteiger charge is -2.23. The van der Waals surface area contributed by atoms with Gasteiger partial charge in [0.2, 0.25) is 0 Å². The third-order valence-corrected chi connectivity index (χ3v) is 1.31. The molecule has 1 aliphatic rings. The molecule has 0 saturated heterocycles. The first-order valence-electron chi connectivity index (χ1n) is 3.25. The Balaban J connectivity index is 0. The lowest BCUT2D eigenvalue weighted by atomic mass is 9.85. The predicted octanol–water partition coefficient (Wildman–Crippen LogP) is 1.13. The van der Waals surface area contributed by atoms with Crippen LogP contribution in [0.1, 0.15) is 12.8 Å². The van der Waals surface area contributed by atoms with E-state index < -0.39 is 6.17 Å². The van der Waals surface area contributed by atoms with E-state index >= 15 is 0 Å². The van der Waals surface area contributed by atoms with Crippen molar-refractivity contribution in [3.63, 3.8) is 0 Å². The SMILES string of the molecule is CF.CO.O=CC1CC(F)C1. The molecule has 0 spiro atoms. The summed E-state index contributed by atoms with van der Waals surface area (Å²) in [6, 6.07) is 0. The van der Waals surface area contributed by atoms with Crippen LogP contribution in [-0.4, -0.2) is 31.9 Å². The van der Waals surface area contributed by atoms with Crippen molar-refractivity contribution in [2.45, 2.75) is 19.0 Å². The summed E-state index contributed by atoms with van der Waals surface area (Å²) in [5, 5.41) is 7.00. The first kappa shape index (κ1) is 13.1. The number of aliphatic hydroxyl groups excluding tert-OH is 1. The molecule has 0 unspecified atom stereocenters. The second kappa shape index (κ2) is 9.49. The highest BCUT2D eigenvalue weighted by Gasteiger charge is 2.27. The van der Waals surface area contributed by atoms with Crippen molar-refractivity contribution in [1.29, 1.82) is 0 Å². The molecule has 0 heterocycles. The van der Waals surface area contributed by atoms with Gasteiger partial charge in [0.05, 0.1) is 7.18 Å². The van der Waals surface area contributed by atoms with Crippen molar-refractivity contribution in [2.24, 2.45) is 5.92 Å². The van der Waals surface area contributed by atoms with E-state index in [1.165, 1.54) is 0 Å². The summed E-state index contributed by atoms with van der Waals surface area (Å²) in [5.74, 6) is 0.0370. The van der Waals surface area contributed by atoms with Crippen LogP contribution in [0.4, 0.5) is 8.78 Å². The highest BCUT2D eigenvalue weighted by atomic mass is 19.1. The van der Waals surface area contributed by atoms with E-state index in [0.717, 1.165) is 13.4 Å². The van der Waals surface area contributed by atoms with Crippen molar-refractivity contribution < 1.29 is 18.7 Å². The van der Waals surface area contributed by atoms with Gasteiger partial charge < -0.3 is 9.90 Å². The summed E-state index contributed by atoms with van der Waals surface area (Å²) in [4.78, 5) is 9.77. The summed E-state index contributed by atoms with van der Waals surface area (Å²) in [6.07, 6.45) is 1.07. The molecule has 1 fully saturated rings. The molecular formula is C7H14F2O2. The number of halogens is 2. The van der Waals surface area contributed by atoms with Crippen molar-refractivity contribution >= 4 is 6.29 Å². The molecule has 0 aromatic heterocycles. The average molecular weight is 168 g/mol. The van der Waals surface area contributed by atoms with E-state index in [0.29, 0.717) is 20.0 Å². The fourth-order valence-corrected chi connectivity index (χ4v) is 0.699. The summed E-state index contributed by atoms with van der Waals surface area (Å²) >= 11 is 0. The van der Waals surface area contributed by atoms with Gasteiger partial charge in [-0.3, -0.25) is 4.39 Å². The van der Waals surface area contributed by atoms with Crippen molar-refractivity contribution in [2.75, 3.05) is 14.3 Å².